The van der Waals surface area contributed by atoms with Gasteiger partial charge in [0.25, 0.3) is 0 Å². The van der Waals surface area contributed by atoms with E-state index in [0.717, 1.165) is 22.6 Å². The molecule has 18 heavy (non-hydrogen) atoms. The quantitative estimate of drug-likeness (QED) is 0.823. The number of nitrogens with two attached hydrogens (primary N) is 1. The molecule has 1 saturated carbocycles. The lowest BCUT2D eigenvalue weighted by molar-refractivity contribution is 0.339. The molecule has 0 saturated heterocycles. The Morgan fingerprint density at radius 1 is 1.28 bits per heavy atom. The lowest BCUT2D eigenvalue weighted by Crippen LogP contribution is -2.14. The van der Waals surface area contributed by atoms with Gasteiger partial charge in [0.2, 0.25) is 0 Å². The number of benzene rings is 1. The molecule has 1 aromatic rings. The number of rotatable bonds is 4. The van der Waals surface area contributed by atoms with Crippen LogP contribution in [0.1, 0.15) is 39.5 Å². The summed E-state index contributed by atoms with van der Waals surface area (Å²) >= 11 is 1.93. The van der Waals surface area contributed by atoms with Crippen molar-refractivity contribution < 1.29 is 4.74 Å². The van der Waals surface area contributed by atoms with E-state index in [1.165, 1.54) is 30.6 Å². The smallest absolute Gasteiger partial charge is 0.120 e. The first-order valence-electron chi connectivity index (χ1n) is 6.88. The van der Waals surface area contributed by atoms with Gasteiger partial charge in [-0.3, -0.25) is 0 Å². The summed E-state index contributed by atoms with van der Waals surface area (Å²) in [6.45, 7) is 5.06. The maximum Gasteiger partial charge on any atom is 0.120 e. The molecule has 1 aliphatic carbocycles. The first-order chi connectivity index (χ1) is 8.69. The highest BCUT2D eigenvalue weighted by Gasteiger charge is 2.20. The van der Waals surface area contributed by atoms with Gasteiger partial charge in [0.1, 0.15) is 5.75 Å². The molecule has 0 heterocycles. The lowest BCUT2D eigenvalue weighted by Gasteiger charge is -2.26. The van der Waals surface area contributed by atoms with Crippen molar-refractivity contribution >= 4 is 17.4 Å². The molecule has 0 aromatic heterocycles. The fourth-order valence-electron chi connectivity index (χ4n) is 2.40. The highest BCUT2D eigenvalue weighted by Crippen LogP contribution is 2.39. The van der Waals surface area contributed by atoms with Crippen LogP contribution in [0.2, 0.25) is 0 Å². The second-order valence-electron chi connectivity index (χ2n) is 5.13. The molecule has 1 fully saturated rings. The van der Waals surface area contributed by atoms with Crippen LogP contribution in [0.4, 0.5) is 5.69 Å². The average Bonchev–Trinajstić information content (AvgIpc) is 2.36. The van der Waals surface area contributed by atoms with Gasteiger partial charge >= 0.3 is 0 Å². The second kappa shape index (κ2) is 6.37. The van der Waals surface area contributed by atoms with Crippen LogP contribution in [0.15, 0.2) is 23.1 Å². The zero-order chi connectivity index (χ0) is 13.0. The number of hydrogen-bond acceptors (Lipinski definition) is 3. The van der Waals surface area contributed by atoms with Crippen molar-refractivity contribution in [2.24, 2.45) is 5.92 Å². The van der Waals surface area contributed by atoms with Gasteiger partial charge in [-0.05, 0) is 56.7 Å². The summed E-state index contributed by atoms with van der Waals surface area (Å²) in [5.74, 6) is 1.83. The normalized spacial score (nSPS) is 23.9. The van der Waals surface area contributed by atoms with Crippen LogP contribution in [0.25, 0.3) is 0 Å². The Balaban J connectivity index is 2.01. The molecule has 3 heteroatoms. The summed E-state index contributed by atoms with van der Waals surface area (Å²) in [5, 5.41) is 0.723. The zero-order valence-electron chi connectivity index (χ0n) is 11.3. The summed E-state index contributed by atoms with van der Waals surface area (Å²) in [6, 6.07) is 5.99. The van der Waals surface area contributed by atoms with Gasteiger partial charge in [-0.15, -0.1) is 11.8 Å². The van der Waals surface area contributed by atoms with Crippen LogP contribution in [-0.4, -0.2) is 11.9 Å². The van der Waals surface area contributed by atoms with Crippen molar-refractivity contribution in [2.45, 2.75) is 49.7 Å². The third-order valence-electron chi connectivity index (χ3n) is 3.55. The average molecular weight is 265 g/mol. The largest absolute Gasteiger partial charge is 0.494 e. The number of hydrogen-bond donors (Lipinski definition) is 1. The molecule has 2 nitrogen and oxygen atoms in total. The SMILES string of the molecule is CCOc1ccc(N)c(SC2CCC(C)CC2)c1. The molecule has 100 valence electrons. The summed E-state index contributed by atoms with van der Waals surface area (Å²) in [5.41, 5.74) is 6.93. The van der Waals surface area contributed by atoms with Crippen molar-refractivity contribution in [2.75, 3.05) is 12.3 Å². The molecule has 0 amide bonds. The monoisotopic (exact) mass is 265 g/mol. The predicted octanol–water partition coefficient (Wildman–Crippen LogP) is 4.34. The number of anilines is 1. The third kappa shape index (κ3) is 3.58. The third-order valence-corrected chi connectivity index (χ3v) is 4.96. The maximum atomic E-state index is 6.05. The zero-order valence-corrected chi connectivity index (χ0v) is 12.1. The summed E-state index contributed by atoms with van der Waals surface area (Å²) in [4.78, 5) is 1.18. The summed E-state index contributed by atoms with van der Waals surface area (Å²) in [7, 11) is 0. The molecule has 0 aliphatic heterocycles. The molecular formula is C15H23NOS. The first-order valence-corrected chi connectivity index (χ1v) is 7.76. The number of nitrogen functional groups attached to an aromatic ring is 1. The van der Waals surface area contributed by atoms with Gasteiger partial charge in [0.05, 0.1) is 6.61 Å². The van der Waals surface area contributed by atoms with E-state index < -0.39 is 0 Å². The van der Waals surface area contributed by atoms with Gasteiger partial charge in [-0.1, -0.05) is 6.92 Å². The first kappa shape index (κ1) is 13.6. The molecular weight excluding hydrogens is 242 g/mol. The molecule has 2 rings (SSSR count). The van der Waals surface area contributed by atoms with Crippen molar-refractivity contribution in [3.8, 4) is 5.75 Å². The molecule has 0 atom stereocenters. The van der Waals surface area contributed by atoms with Crippen LogP contribution in [0.3, 0.4) is 0 Å². The molecule has 1 aromatic carbocycles. The Labute approximate surface area is 114 Å². The van der Waals surface area contributed by atoms with Crippen molar-refractivity contribution in [3.63, 3.8) is 0 Å². The Hall–Kier alpha value is -0.830. The van der Waals surface area contributed by atoms with Crippen LogP contribution in [0, 0.1) is 5.92 Å². The van der Waals surface area contributed by atoms with Crippen molar-refractivity contribution in [1.82, 2.24) is 0 Å². The Kier molecular flexibility index (Phi) is 4.81. The van der Waals surface area contributed by atoms with Crippen LogP contribution in [0.5, 0.6) is 5.75 Å². The lowest BCUT2D eigenvalue weighted by atomic mass is 9.91. The molecule has 0 bridgehead atoms. The number of ether oxygens (including phenoxy) is 1. The van der Waals surface area contributed by atoms with E-state index in [1.54, 1.807) is 0 Å². The fourth-order valence-corrected chi connectivity index (χ4v) is 3.66. The van der Waals surface area contributed by atoms with Crippen LogP contribution >= 0.6 is 11.8 Å². The van der Waals surface area contributed by atoms with Crippen LogP contribution in [-0.2, 0) is 0 Å². The summed E-state index contributed by atoms with van der Waals surface area (Å²) in [6.07, 6.45) is 5.32. The van der Waals surface area contributed by atoms with Gasteiger partial charge in [0, 0.05) is 15.8 Å². The van der Waals surface area contributed by atoms with Crippen molar-refractivity contribution in [1.29, 1.82) is 0 Å². The van der Waals surface area contributed by atoms with E-state index in [2.05, 4.69) is 13.0 Å². The second-order valence-corrected chi connectivity index (χ2v) is 6.47. The Bertz CT molecular complexity index is 386. The predicted molar refractivity (Wildman–Crippen MR) is 79.3 cm³/mol. The fraction of sp³-hybridized carbons (Fsp3) is 0.600. The highest BCUT2D eigenvalue weighted by atomic mass is 32.2. The standard InChI is InChI=1S/C15H23NOS/c1-3-17-12-6-9-14(16)15(10-12)18-13-7-4-11(2)5-8-13/h6,9-11,13H,3-5,7-8,16H2,1-2H3. The summed E-state index contributed by atoms with van der Waals surface area (Å²) < 4.78 is 5.54. The highest BCUT2D eigenvalue weighted by molar-refractivity contribution is 8.00. The molecule has 2 N–H and O–H groups in total. The molecule has 0 radical (unpaired) electrons. The van der Waals surface area contributed by atoms with E-state index in [9.17, 15) is 0 Å². The minimum atomic E-state index is 0.703. The van der Waals surface area contributed by atoms with Crippen LogP contribution < -0.4 is 10.5 Å². The van der Waals surface area contributed by atoms with E-state index in [1.807, 2.05) is 30.8 Å². The molecule has 0 unspecified atom stereocenters. The molecule has 1 aliphatic rings. The van der Waals surface area contributed by atoms with E-state index in [-0.39, 0.29) is 0 Å². The Morgan fingerprint density at radius 2 is 2.00 bits per heavy atom. The topological polar surface area (TPSA) is 35.2 Å². The van der Waals surface area contributed by atoms with E-state index >= 15 is 0 Å². The van der Waals surface area contributed by atoms with E-state index in [4.69, 9.17) is 10.5 Å². The van der Waals surface area contributed by atoms with Gasteiger partial charge < -0.3 is 10.5 Å². The van der Waals surface area contributed by atoms with Gasteiger partial charge in [-0.2, -0.15) is 0 Å². The van der Waals surface area contributed by atoms with Gasteiger partial charge in [0.15, 0.2) is 0 Å². The maximum absolute atomic E-state index is 6.05. The van der Waals surface area contributed by atoms with E-state index in [0.29, 0.717) is 6.61 Å². The molecule has 0 spiro atoms. The minimum Gasteiger partial charge on any atom is -0.494 e. The number of thioether (sulfide) groups is 1. The minimum absolute atomic E-state index is 0.703. The van der Waals surface area contributed by atoms with Gasteiger partial charge in [-0.25, -0.2) is 0 Å². The Morgan fingerprint density at radius 3 is 2.67 bits per heavy atom. The van der Waals surface area contributed by atoms with Crippen molar-refractivity contribution in [3.05, 3.63) is 18.2 Å².